The molecule has 0 saturated carbocycles. The molecule has 5 nitrogen and oxygen atoms in total. The number of nitro benzene ring substituents is 1. The topological polar surface area (TPSA) is 69.4 Å². The molecule has 0 bridgehead atoms. The Morgan fingerprint density at radius 3 is 2.59 bits per heavy atom. The van der Waals surface area contributed by atoms with Gasteiger partial charge in [-0.1, -0.05) is 18.2 Å². The minimum atomic E-state index is -0.645. The van der Waals surface area contributed by atoms with Gasteiger partial charge in [0.25, 0.3) is 5.69 Å². The number of esters is 1. The molecule has 114 valence electrons. The summed E-state index contributed by atoms with van der Waals surface area (Å²) in [4.78, 5) is 22.5. The second kappa shape index (κ2) is 6.34. The molecule has 0 spiro atoms. The van der Waals surface area contributed by atoms with Crippen molar-refractivity contribution in [2.75, 3.05) is 6.61 Å². The molecular weight excluding hydrogens is 289 g/mol. The zero-order valence-electron chi connectivity index (χ0n) is 12.1. The number of aryl methyl sites for hydroxylation is 1. The molecule has 6 heteroatoms. The molecule has 0 aliphatic rings. The predicted octanol–water partition coefficient (Wildman–Crippen LogP) is 3.89. The van der Waals surface area contributed by atoms with E-state index in [1.807, 2.05) is 0 Å². The minimum absolute atomic E-state index is 0.0751. The highest BCUT2D eigenvalue weighted by molar-refractivity contribution is 5.93. The summed E-state index contributed by atoms with van der Waals surface area (Å²) in [5.74, 6) is -1.20. The number of benzene rings is 2. The molecule has 0 heterocycles. The van der Waals surface area contributed by atoms with E-state index in [9.17, 15) is 19.3 Å². The SMILES string of the molecule is CCOC(=O)c1cc(C)c(-c2ccccc2F)c([N+](=O)[O-])c1. The molecule has 0 radical (unpaired) electrons. The molecule has 0 fully saturated rings. The number of nitrogens with zero attached hydrogens (tertiary/aromatic N) is 1. The van der Waals surface area contributed by atoms with Crippen molar-refractivity contribution in [1.29, 1.82) is 0 Å². The monoisotopic (exact) mass is 303 g/mol. The summed E-state index contributed by atoms with van der Waals surface area (Å²) in [5.41, 5.74) is 0.472. The van der Waals surface area contributed by atoms with Crippen LogP contribution in [0.15, 0.2) is 36.4 Å². The van der Waals surface area contributed by atoms with Crippen molar-refractivity contribution in [1.82, 2.24) is 0 Å². The van der Waals surface area contributed by atoms with E-state index in [0.717, 1.165) is 6.07 Å². The third-order valence-electron chi connectivity index (χ3n) is 3.17. The van der Waals surface area contributed by atoms with Gasteiger partial charge in [-0.2, -0.15) is 0 Å². The average molecular weight is 303 g/mol. The second-order valence-electron chi connectivity index (χ2n) is 4.64. The lowest BCUT2D eigenvalue weighted by Gasteiger charge is -2.10. The van der Waals surface area contributed by atoms with Crippen LogP contribution >= 0.6 is 0 Å². The normalized spacial score (nSPS) is 10.3. The van der Waals surface area contributed by atoms with E-state index in [0.29, 0.717) is 5.56 Å². The number of nitro groups is 1. The van der Waals surface area contributed by atoms with E-state index in [1.54, 1.807) is 19.9 Å². The van der Waals surface area contributed by atoms with Crippen molar-refractivity contribution in [3.8, 4) is 11.1 Å². The summed E-state index contributed by atoms with van der Waals surface area (Å²) in [6.07, 6.45) is 0. The van der Waals surface area contributed by atoms with Crippen LogP contribution < -0.4 is 0 Å². The van der Waals surface area contributed by atoms with Gasteiger partial charge in [-0.15, -0.1) is 0 Å². The van der Waals surface area contributed by atoms with Crippen LogP contribution in [0.3, 0.4) is 0 Å². The number of carbonyl (C=O) groups excluding carboxylic acids is 1. The molecule has 0 N–H and O–H groups in total. The first-order valence-electron chi connectivity index (χ1n) is 6.66. The second-order valence-corrected chi connectivity index (χ2v) is 4.64. The Hall–Kier alpha value is -2.76. The molecule has 0 aliphatic heterocycles. The van der Waals surface area contributed by atoms with Crippen molar-refractivity contribution in [2.24, 2.45) is 0 Å². The van der Waals surface area contributed by atoms with Crippen LogP contribution in [0.4, 0.5) is 10.1 Å². The zero-order valence-corrected chi connectivity index (χ0v) is 12.1. The average Bonchev–Trinajstić information content (AvgIpc) is 2.47. The Morgan fingerprint density at radius 1 is 1.32 bits per heavy atom. The van der Waals surface area contributed by atoms with E-state index in [4.69, 9.17) is 4.74 Å². The van der Waals surface area contributed by atoms with Gasteiger partial charge in [-0.25, -0.2) is 9.18 Å². The zero-order chi connectivity index (χ0) is 16.3. The minimum Gasteiger partial charge on any atom is -0.462 e. The lowest BCUT2D eigenvalue weighted by Crippen LogP contribution is -2.07. The molecular formula is C16H14FNO4. The Labute approximate surface area is 126 Å². The number of rotatable bonds is 4. The maximum absolute atomic E-state index is 14.0. The van der Waals surface area contributed by atoms with E-state index in [-0.39, 0.29) is 29.0 Å². The molecule has 2 aromatic rings. The van der Waals surface area contributed by atoms with Crippen LogP contribution in [-0.4, -0.2) is 17.5 Å². The van der Waals surface area contributed by atoms with Crippen LogP contribution in [-0.2, 0) is 4.74 Å². The molecule has 0 unspecified atom stereocenters. The van der Waals surface area contributed by atoms with Gasteiger partial charge in [-0.3, -0.25) is 10.1 Å². The third-order valence-corrected chi connectivity index (χ3v) is 3.17. The maximum Gasteiger partial charge on any atom is 0.338 e. The van der Waals surface area contributed by atoms with E-state index in [2.05, 4.69) is 0 Å². The lowest BCUT2D eigenvalue weighted by atomic mass is 9.96. The lowest BCUT2D eigenvalue weighted by molar-refractivity contribution is -0.384. The van der Waals surface area contributed by atoms with Gasteiger partial charge in [0, 0.05) is 11.6 Å². The fourth-order valence-electron chi connectivity index (χ4n) is 2.26. The molecule has 2 aromatic carbocycles. The number of hydrogen-bond donors (Lipinski definition) is 0. The van der Waals surface area contributed by atoms with E-state index < -0.39 is 16.7 Å². The Bertz CT molecular complexity index is 743. The van der Waals surface area contributed by atoms with Gasteiger partial charge < -0.3 is 4.74 Å². The van der Waals surface area contributed by atoms with E-state index in [1.165, 1.54) is 24.3 Å². The Kier molecular flexibility index (Phi) is 4.50. The van der Waals surface area contributed by atoms with Crippen molar-refractivity contribution in [3.05, 3.63) is 63.5 Å². The van der Waals surface area contributed by atoms with Gasteiger partial charge in [-0.05, 0) is 31.5 Å². The van der Waals surface area contributed by atoms with Crippen LogP contribution in [0.1, 0.15) is 22.8 Å². The molecule has 22 heavy (non-hydrogen) atoms. The van der Waals surface area contributed by atoms with Crippen molar-refractivity contribution < 1.29 is 18.8 Å². The van der Waals surface area contributed by atoms with E-state index >= 15 is 0 Å². The van der Waals surface area contributed by atoms with Gasteiger partial charge in [0.15, 0.2) is 0 Å². The highest BCUT2D eigenvalue weighted by atomic mass is 19.1. The van der Waals surface area contributed by atoms with Gasteiger partial charge in [0.05, 0.1) is 22.7 Å². The highest BCUT2D eigenvalue weighted by Crippen LogP contribution is 2.35. The van der Waals surface area contributed by atoms with Gasteiger partial charge in [0.1, 0.15) is 5.82 Å². The molecule has 2 rings (SSSR count). The largest absolute Gasteiger partial charge is 0.462 e. The smallest absolute Gasteiger partial charge is 0.338 e. The standard InChI is InChI=1S/C16H14FNO4/c1-3-22-16(19)11-8-10(2)15(14(9-11)18(20)21)12-6-4-5-7-13(12)17/h4-9H,3H2,1-2H3. The Morgan fingerprint density at radius 2 is 2.00 bits per heavy atom. The maximum atomic E-state index is 14.0. The number of halogens is 1. The van der Waals surface area contributed by atoms with Gasteiger partial charge >= 0.3 is 5.97 Å². The first kappa shape index (κ1) is 15.6. The summed E-state index contributed by atoms with van der Waals surface area (Å²) < 4.78 is 18.8. The summed E-state index contributed by atoms with van der Waals surface area (Å²) in [7, 11) is 0. The summed E-state index contributed by atoms with van der Waals surface area (Å²) >= 11 is 0. The van der Waals surface area contributed by atoms with Gasteiger partial charge in [0.2, 0.25) is 0 Å². The first-order valence-corrected chi connectivity index (χ1v) is 6.66. The predicted molar refractivity (Wildman–Crippen MR) is 79.2 cm³/mol. The van der Waals surface area contributed by atoms with Crippen molar-refractivity contribution in [2.45, 2.75) is 13.8 Å². The van der Waals surface area contributed by atoms with Crippen molar-refractivity contribution in [3.63, 3.8) is 0 Å². The summed E-state index contributed by atoms with van der Waals surface area (Å²) in [5, 5.41) is 11.3. The fourth-order valence-corrected chi connectivity index (χ4v) is 2.26. The number of carbonyl (C=O) groups is 1. The molecule has 0 aliphatic carbocycles. The van der Waals surface area contributed by atoms with Crippen LogP contribution in [0.25, 0.3) is 11.1 Å². The fraction of sp³-hybridized carbons (Fsp3) is 0.188. The number of hydrogen-bond acceptors (Lipinski definition) is 4. The quantitative estimate of drug-likeness (QED) is 0.488. The summed E-state index contributed by atoms with van der Waals surface area (Å²) in [6.45, 7) is 3.41. The van der Waals surface area contributed by atoms with Crippen LogP contribution in [0.2, 0.25) is 0 Å². The summed E-state index contributed by atoms with van der Waals surface area (Å²) in [6, 6.07) is 8.39. The first-order chi connectivity index (χ1) is 10.5. The van der Waals surface area contributed by atoms with Crippen LogP contribution in [0, 0.1) is 22.9 Å². The molecule has 0 aromatic heterocycles. The number of ether oxygens (including phenoxy) is 1. The highest BCUT2D eigenvalue weighted by Gasteiger charge is 2.23. The van der Waals surface area contributed by atoms with Crippen LogP contribution in [0.5, 0.6) is 0 Å². The molecule has 0 amide bonds. The molecule has 0 atom stereocenters. The molecule has 0 saturated heterocycles. The Balaban J connectivity index is 2.68. The third kappa shape index (κ3) is 2.95. The van der Waals surface area contributed by atoms with Crippen molar-refractivity contribution >= 4 is 11.7 Å².